The molecular formula is C15H28N4O. The SMILES string of the molecule is COCCNCc1cccn1CCN1CCN(C)CC1. The zero-order chi connectivity index (χ0) is 14.2. The topological polar surface area (TPSA) is 32.7 Å². The molecule has 1 saturated heterocycles. The second-order valence-electron chi connectivity index (χ2n) is 5.51. The van der Waals surface area contributed by atoms with Gasteiger partial charge in [-0.2, -0.15) is 0 Å². The van der Waals surface area contributed by atoms with Crippen molar-refractivity contribution in [3.05, 3.63) is 24.0 Å². The van der Waals surface area contributed by atoms with E-state index in [9.17, 15) is 0 Å². The van der Waals surface area contributed by atoms with Gasteiger partial charge in [0.15, 0.2) is 0 Å². The highest BCUT2D eigenvalue weighted by molar-refractivity contribution is 5.07. The lowest BCUT2D eigenvalue weighted by atomic mass is 10.3. The van der Waals surface area contributed by atoms with Gasteiger partial charge in [-0.3, -0.25) is 4.90 Å². The van der Waals surface area contributed by atoms with E-state index in [-0.39, 0.29) is 0 Å². The highest BCUT2D eigenvalue weighted by atomic mass is 16.5. The van der Waals surface area contributed by atoms with Crippen molar-refractivity contribution in [3.8, 4) is 0 Å². The van der Waals surface area contributed by atoms with E-state index in [0.29, 0.717) is 0 Å². The van der Waals surface area contributed by atoms with E-state index in [1.165, 1.54) is 31.9 Å². The summed E-state index contributed by atoms with van der Waals surface area (Å²) in [6.07, 6.45) is 2.18. The van der Waals surface area contributed by atoms with Crippen LogP contribution in [-0.2, 0) is 17.8 Å². The molecule has 0 radical (unpaired) electrons. The highest BCUT2D eigenvalue weighted by Crippen LogP contribution is 2.04. The highest BCUT2D eigenvalue weighted by Gasteiger charge is 2.13. The van der Waals surface area contributed by atoms with Crippen molar-refractivity contribution in [1.82, 2.24) is 19.7 Å². The fourth-order valence-electron chi connectivity index (χ4n) is 2.54. The molecule has 0 aromatic carbocycles. The van der Waals surface area contributed by atoms with Crippen LogP contribution >= 0.6 is 0 Å². The van der Waals surface area contributed by atoms with Crippen LogP contribution in [0, 0.1) is 0 Å². The van der Waals surface area contributed by atoms with Gasteiger partial charge in [-0.05, 0) is 19.2 Å². The van der Waals surface area contributed by atoms with E-state index in [1.54, 1.807) is 7.11 Å². The quantitative estimate of drug-likeness (QED) is 0.702. The van der Waals surface area contributed by atoms with Crippen LogP contribution in [0.4, 0.5) is 0 Å². The molecule has 0 amide bonds. The van der Waals surface area contributed by atoms with Gasteiger partial charge in [0.25, 0.3) is 0 Å². The first kappa shape index (κ1) is 15.5. The number of piperazine rings is 1. The molecule has 2 heterocycles. The zero-order valence-electron chi connectivity index (χ0n) is 12.8. The number of hydrogen-bond acceptors (Lipinski definition) is 4. The molecule has 0 saturated carbocycles. The summed E-state index contributed by atoms with van der Waals surface area (Å²) in [7, 11) is 3.94. The van der Waals surface area contributed by atoms with Crippen LogP contribution in [0.2, 0.25) is 0 Å². The number of ether oxygens (including phenoxy) is 1. The van der Waals surface area contributed by atoms with Gasteiger partial charge in [0.1, 0.15) is 0 Å². The summed E-state index contributed by atoms with van der Waals surface area (Å²) in [6, 6.07) is 4.33. The van der Waals surface area contributed by atoms with Gasteiger partial charge >= 0.3 is 0 Å². The fourth-order valence-corrected chi connectivity index (χ4v) is 2.54. The summed E-state index contributed by atoms with van der Waals surface area (Å²) in [5, 5.41) is 3.41. The summed E-state index contributed by atoms with van der Waals surface area (Å²) >= 11 is 0. The minimum absolute atomic E-state index is 0.766. The molecule has 1 aliphatic heterocycles. The first-order chi connectivity index (χ1) is 9.79. The van der Waals surface area contributed by atoms with E-state index in [2.05, 4.69) is 45.1 Å². The number of nitrogens with one attached hydrogen (secondary N) is 1. The van der Waals surface area contributed by atoms with E-state index in [1.807, 2.05) is 0 Å². The Morgan fingerprint density at radius 3 is 2.75 bits per heavy atom. The van der Waals surface area contributed by atoms with Gasteiger partial charge in [-0.25, -0.2) is 0 Å². The lowest BCUT2D eigenvalue weighted by molar-refractivity contribution is 0.150. The molecule has 20 heavy (non-hydrogen) atoms. The van der Waals surface area contributed by atoms with Gasteiger partial charge in [-0.15, -0.1) is 0 Å². The molecule has 5 nitrogen and oxygen atoms in total. The second kappa shape index (κ2) is 8.42. The predicted molar refractivity (Wildman–Crippen MR) is 82.0 cm³/mol. The maximum atomic E-state index is 5.05. The first-order valence-electron chi connectivity index (χ1n) is 7.54. The average Bonchev–Trinajstić information content (AvgIpc) is 2.90. The van der Waals surface area contributed by atoms with Crippen LogP contribution in [-0.4, -0.2) is 74.4 Å². The van der Waals surface area contributed by atoms with E-state index in [0.717, 1.165) is 32.8 Å². The Morgan fingerprint density at radius 1 is 1.20 bits per heavy atom. The first-order valence-corrected chi connectivity index (χ1v) is 7.54. The van der Waals surface area contributed by atoms with Crippen molar-refractivity contribution in [3.63, 3.8) is 0 Å². The van der Waals surface area contributed by atoms with Crippen LogP contribution < -0.4 is 5.32 Å². The molecule has 1 aromatic rings. The van der Waals surface area contributed by atoms with Gasteiger partial charge in [0.2, 0.25) is 0 Å². The van der Waals surface area contributed by atoms with Crippen LogP contribution in [0.5, 0.6) is 0 Å². The van der Waals surface area contributed by atoms with Crippen molar-refractivity contribution in [2.24, 2.45) is 0 Å². The molecule has 0 bridgehead atoms. The summed E-state index contributed by atoms with van der Waals surface area (Å²) < 4.78 is 7.41. The number of rotatable bonds is 8. The molecule has 2 rings (SSSR count). The Morgan fingerprint density at radius 2 is 2.00 bits per heavy atom. The molecule has 1 aliphatic rings. The zero-order valence-corrected chi connectivity index (χ0v) is 12.8. The number of nitrogens with zero attached hydrogens (tertiary/aromatic N) is 3. The molecule has 1 fully saturated rings. The third-order valence-electron chi connectivity index (χ3n) is 3.97. The summed E-state index contributed by atoms with van der Waals surface area (Å²) in [6.45, 7) is 9.58. The number of methoxy groups -OCH3 is 1. The maximum Gasteiger partial charge on any atom is 0.0587 e. The number of aromatic nitrogens is 1. The maximum absolute atomic E-state index is 5.05. The third kappa shape index (κ3) is 4.90. The average molecular weight is 280 g/mol. The molecule has 0 aliphatic carbocycles. The Bertz CT molecular complexity index is 372. The van der Waals surface area contributed by atoms with Crippen molar-refractivity contribution >= 4 is 0 Å². The Hall–Kier alpha value is -0.880. The van der Waals surface area contributed by atoms with Crippen LogP contribution in [0.25, 0.3) is 0 Å². The summed E-state index contributed by atoms with van der Waals surface area (Å²) in [4.78, 5) is 4.96. The summed E-state index contributed by atoms with van der Waals surface area (Å²) in [5.74, 6) is 0. The molecule has 0 atom stereocenters. The van der Waals surface area contributed by atoms with Crippen molar-refractivity contribution in [1.29, 1.82) is 0 Å². The van der Waals surface area contributed by atoms with Crippen LogP contribution in [0.3, 0.4) is 0 Å². The Kier molecular flexibility index (Phi) is 6.53. The molecule has 114 valence electrons. The molecule has 0 spiro atoms. The molecule has 1 N–H and O–H groups in total. The van der Waals surface area contributed by atoms with Gasteiger partial charge in [0, 0.05) is 71.4 Å². The third-order valence-corrected chi connectivity index (χ3v) is 3.97. The fraction of sp³-hybridized carbons (Fsp3) is 0.733. The van der Waals surface area contributed by atoms with Gasteiger partial charge in [0.05, 0.1) is 6.61 Å². The largest absolute Gasteiger partial charge is 0.383 e. The Labute approximate surface area is 122 Å². The molecule has 5 heteroatoms. The van der Waals surface area contributed by atoms with Crippen molar-refractivity contribution in [2.45, 2.75) is 13.1 Å². The number of hydrogen-bond donors (Lipinski definition) is 1. The minimum Gasteiger partial charge on any atom is -0.383 e. The second-order valence-corrected chi connectivity index (χ2v) is 5.51. The van der Waals surface area contributed by atoms with Crippen molar-refractivity contribution < 1.29 is 4.74 Å². The van der Waals surface area contributed by atoms with E-state index >= 15 is 0 Å². The van der Waals surface area contributed by atoms with Crippen LogP contribution in [0.15, 0.2) is 18.3 Å². The van der Waals surface area contributed by atoms with Crippen LogP contribution in [0.1, 0.15) is 5.69 Å². The number of likely N-dealkylation sites (N-methyl/N-ethyl adjacent to an activating group) is 1. The normalized spacial score (nSPS) is 17.7. The monoisotopic (exact) mass is 280 g/mol. The molecule has 0 unspecified atom stereocenters. The standard InChI is InChI=1S/C15H28N4O/c1-17-7-9-18(10-8-17)11-12-19-6-3-4-15(19)14-16-5-13-20-2/h3-4,6,16H,5,7-14H2,1-2H3. The van der Waals surface area contributed by atoms with Gasteiger partial charge in [-0.1, -0.05) is 0 Å². The predicted octanol–water partition coefficient (Wildman–Crippen LogP) is 0.472. The summed E-state index contributed by atoms with van der Waals surface area (Å²) in [5.41, 5.74) is 1.36. The van der Waals surface area contributed by atoms with E-state index < -0.39 is 0 Å². The van der Waals surface area contributed by atoms with E-state index in [4.69, 9.17) is 4.74 Å². The molecule has 1 aromatic heterocycles. The lowest BCUT2D eigenvalue weighted by Gasteiger charge is -2.32. The Balaban J connectivity index is 1.71. The minimum atomic E-state index is 0.766. The van der Waals surface area contributed by atoms with Gasteiger partial charge < -0.3 is 19.5 Å². The lowest BCUT2D eigenvalue weighted by Crippen LogP contribution is -2.45. The smallest absolute Gasteiger partial charge is 0.0587 e. The molecular weight excluding hydrogens is 252 g/mol. The van der Waals surface area contributed by atoms with Crippen molar-refractivity contribution in [2.75, 3.05) is 60.0 Å².